The highest BCUT2D eigenvalue weighted by molar-refractivity contribution is 5.98. The maximum atomic E-state index is 13.3. The average molecular weight is 279 g/mol. The smallest absolute Gasteiger partial charge is 0.255 e. The van der Waals surface area contributed by atoms with Crippen molar-refractivity contribution < 1.29 is 9.18 Å². The van der Waals surface area contributed by atoms with E-state index >= 15 is 0 Å². The van der Waals surface area contributed by atoms with Crippen LogP contribution >= 0.6 is 0 Å². The Bertz CT molecular complexity index is 480. The van der Waals surface area contributed by atoms with Crippen LogP contribution in [0.5, 0.6) is 0 Å². The minimum Gasteiger partial charge on any atom is -0.370 e. The zero-order chi connectivity index (χ0) is 14.6. The minimum atomic E-state index is -0.495. The lowest BCUT2D eigenvalue weighted by atomic mass is 9.67. The van der Waals surface area contributed by atoms with Gasteiger partial charge in [0.1, 0.15) is 11.6 Å². The molecule has 1 aliphatic rings. The quantitative estimate of drug-likeness (QED) is 0.841. The molecule has 1 aromatic heterocycles. The Kier molecular flexibility index (Phi) is 4.57. The molecule has 5 heteroatoms. The summed E-state index contributed by atoms with van der Waals surface area (Å²) in [6.45, 7) is 5.36. The highest BCUT2D eigenvalue weighted by Crippen LogP contribution is 2.43. The van der Waals surface area contributed by atoms with E-state index in [-0.39, 0.29) is 16.9 Å². The molecule has 1 saturated carbocycles. The maximum Gasteiger partial charge on any atom is 0.255 e. The Balaban J connectivity index is 2.06. The second kappa shape index (κ2) is 6.20. The van der Waals surface area contributed by atoms with Crippen LogP contribution in [0.4, 0.5) is 10.2 Å². The number of nitrogens with zero attached hydrogens (tertiary/aromatic N) is 1. The van der Waals surface area contributed by atoms with E-state index in [0.717, 1.165) is 25.5 Å². The number of hydrogen-bond acceptors (Lipinski definition) is 3. The highest BCUT2D eigenvalue weighted by Gasteiger charge is 2.35. The van der Waals surface area contributed by atoms with Gasteiger partial charge in [-0.2, -0.15) is 0 Å². The first-order valence-electron chi connectivity index (χ1n) is 7.28. The number of anilines is 1. The first-order chi connectivity index (χ1) is 9.60. The SMILES string of the molecule is CCNc1ncc(F)cc1C(=O)NCC1(CC)CCC1. The van der Waals surface area contributed by atoms with Gasteiger partial charge >= 0.3 is 0 Å². The number of nitrogens with one attached hydrogen (secondary N) is 2. The average Bonchev–Trinajstić information content (AvgIpc) is 2.40. The van der Waals surface area contributed by atoms with Crippen LogP contribution in [0, 0.1) is 11.2 Å². The van der Waals surface area contributed by atoms with Gasteiger partial charge in [-0.25, -0.2) is 9.37 Å². The molecule has 2 N–H and O–H groups in total. The van der Waals surface area contributed by atoms with E-state index in [1.807, 2.05) is 6.92 Å². The van der Waals surface area contributed by atoms with E-state index in [1.165, 1.54) is 12.5 Å². The van der Waals surface area contributed by atoms with Gasteiger partial charge in [-0.1, -0.05) is 13.3 Å². The topological polar surface area (TPSA) is 54.0 Å². The van der Waals surface area contributed by atoms with Crippen LogP contribution in [-0.2, 0) is 0 Å². The molecule has 1 aliphatic carbocycles. The number of rotatable bonds is 6. The van der Waals surface area contributed by atoms with E-state index in [0.29, 0.717) is 18.9 Å². The predicted octanol–water partition coefficient (Wildman–Crippen LogP) is 2.96. The Morgan fingerprint density at radius 1 is 1.45 bits per heavy atom. The third kappa shape index (κ3) is 3.08. The van der Waals surface area contributed by atoms with Crippen molar-refractivity contribution in [3.05, 3.63) is 23.6 Å². The Hall–Kier alpha value is -1.65. The molecule has 0 saturated heterocycles. The molecule has 20 heavy (non-hydrogen) atoms. The van der Waals surface area contributed by atoms with Gasteiger partial charge in [0.05, 0.1) is 11.8 Å². The summed E-state index contributed by atoms with van der Waals surface area (Å²) in [6, 6.07) is 1.24. The molecule has 1 fully saturated rings. The molecule has 110 valence electrons. The molecule has 0 spiro atoms. The Morgan fingerprint density at radius 3 is 2.75 bits per heavy atom. The molecule has 0 aromatic carbocycles. The number of hydrogen-bond donors (Lipinski definition) is 2. The molecule has 2 rings (SSSR count). The molecule has 0 radical (unpaired) electrons. The normalized spacial score (nSPS) is 16.4. The number of halogens is 1. The van der Waals surface area contributed by atoms with Crippen molar-refractivity contribution in [2.45, 2.75) is 39.5 Å². The zero-order valence-electron chi connectivity index (χ0n) is 12.1. The summed E-state index contributed by atoms with van der Waals surface area (Å²) in [6.07, 6.45) is 5.73. The van der Waals surface area contributed by atoms with E-state index in [4.69, 9.17) is 0 Å². The number of carbonyl (C=O) groups is 1. The van der Waals surface area contributed by atoms with Gasteiger partial charge in [-0.15, -0.1) is 0 Å². The summed E-state index contributed by atoms with van der Waals surface area (Å²) >= 11 is 0. The van der Waals surface area contributed by atoms with Crippen LogP contribution in [0.15, 0.2) is 12.3 Å². The fourth-order valence-corrected chi connectivity index (χ4v) is 2.62. The molecule has 1 heterocycles. The molecule has 0 aliphatic heterocycles. The summed E-state index contributed by atoms with van der Waals surface area (Å²) in [5, 5.41) is 5.92. The van der Waals surface area contributed by atoms with Gasteiger partial charge in [0.15, 0.2) is 0 Å². The number of carbonyl (C=O) groups excluding carboxylic acids is 1. The van der Waals surface area contributed by atoms with E-state index in [9.17, 15) is 9.18 Å². The second-order valence-electron chi connectivity index (χ2n) is 5.47. The fourth-order valence-electron chi connectivity index (χ4n) is 2.62. The van der Waals surface area contributed by atoms with Crippen LogP contribution < -0.4 is 10.6 Å². The van der Waals surface area contributed by atoms with E-state index in [2.05, 4.69) is 22.5 Å². The number of aromatic nitrogens is 1. The van der Waals surface area contributed by atoms with Gasteiger partial charge < -0.3 is 10.6 Å². The Morgan fingerprint density at radius 2 is 2.20 bits per heavy atom. The zero-order valence-corrected chi connectivity index (χ0v) is 12.1. The van der Waals surface area contributed by atoms with E-state index < -0.39 is 5.82 Å². The molecule has 0 atom stereocenters. The van der Waals surface area contributed by atoms with Crippen LogP contribution in [0.3, 0.4) is 0 Å². The van der Waals surface area contributed by atoms with Gasteiger partial charge in [0.25, 0.3) is 5.91 Å². The molecule has 1 amide bonds. The lowest BCUT2D eigenvalue weighted by Crippen LogP contribution is -2.41. The van der Waals surface area contributed by atoms with Crippen LogP contribution in [0.2, 0.25) is 0 Å². The summed E-state index contributed by atoms with van der Waals surface area (Å²) in [5.41, 5.74) is 0.520. The Labute approximate surface area is 119 Å². The van der Waals surface area contributed by atoms with Crippen LogP contribution in [-0.4, -0.2) is 24.0 Å². The largest absolute Gasteiger partial charge is 0.370 e. The van der Waals surface area contributed by atoms with E-state index in [1.54, 1.807) is 0 Å². The maximum absolute atomic E-state index is 13.3. The molecule has 0 bridgehead atoms. The van der Waals surface area contributed by atoms with Gasteiger partial charge in [-0.05, 0) is 37.7 Å². The molecule has 0 unspecified atom stereocenters. The van der Waals surface area contributed by atoms with Gasteiger partial charge in [0, 0.05) is 13.1 Å². The van der Waals surface area contributed by atoms with Crippen molar-refractivity contribution in [1.82, 2.24) is 10.3 Å². The minimum absolute atomic E-state index is 0.245. The van der Waals surface area contributed by atoms with Crippen molar-refractivity contribution >= 4 is 11.7 Å². The van der Waals surface area contributed by atoms with Gasteiger partial charge in [-0.3, -0.25) is 4.79 Å². The number of amides is 1. The van der Waals surface area contributed by atoms with Gasteiger partial charge in [0.2, 0.25) is 0 Å². The molecule has 4 nitrogen and oxygen atoms in total. The lowest BCUT2D eigenvalue weighted by molar-refractivity contribution is 0.0850. The van der Waals surface area contributed by atoms with Crippen molar-refractivity contribution in [2.75, 3.05) is 18.4 Å². The summed E-state index contributed by atoms with van der Waals surface area (Å²) < 4.78 is 13.3. The first-order valence-corrected chi connectivity index (χ1v) is 7.28. The fraction of sp³-hybridized carbons (Fsp3) is 0.600. The third-order valence-corrected chi connectivity index (χ3v) is 4.23. The van der Waals surface area contributed by atoms with Crippen LogP contribution in [0.1, 0.15) is 49.9 Å². The highest BCUT2D eigenvalue weighted by atomic mass is 19.1. The first kappa shape index (κ1) is 14.8. The van der Waals surface area contributed by atoms with Crippen molar-refractivity contribution in [2.24, 2.45) is 5.41 Å². The third-order valence-electron chi connectivity index (χ3n) is 4.23. The predicted molar refractivity (Wildman–Crippen MR) is 77.3 cm³/mol. The van der Waals surface area contributed by atoms with Crippen molar-refractivity contribution in [3.63, 3.8) is 0 Å². The summed E-state index contributed by atoms with van der Waals surface area (Å²) in [5.74, 6) is -0.316. The van der Waals surface area contributed by atoms with Crippen molar-refractivity contribution in [3.8, 4) is 0 Å². The molecular formula is C15H22FN3O. The monoisotopic (exact) mass is 279 g/mol. The lowest BCUT2D eigenvalue weighted by Gasteiger charge is -2.41. The van der Waals surface area contributed by atoms with Crippen molar-refractivity contribution in [1.29, 1.82) is 0 Å². The standard InChI is InChI=1S/C15H22FN3O/c1-3-15(6-5-7-15)10-19-14(20)12-8-11(16)9-18-13(12)17-4-2/h8-9H,3-7,10H2,1-2H3,(H,17,18)(H,19,20). The van der Waals surface area contributed by atoms with Crippen LogP contribution in [0.25, 0.3) is 0 Å². The summed E-state index contributed by atoms with van der Waals surface area (Å²) in [7, 11) is 0. The summed E-state index contributed by atoms with van der Waals surface area (Å²) in [4.78, 5) is 16.2. The second-order valence-corrected chi connectivity index (χ2v) is 5.47. The molecular weight excluding hydrogens is 257 g/mol. The number of pyridine rings is 1. The molecule has 1 aromatic rings.